The highest BCUT2D eigenvalue weighted by Crippen LogP contribution is 1.90. The van der Waals surface area contributed by atoms with Crippen molar-refractivity contribution in [1.29, 1.82) is 0 Å². The highest BCUT2D eigenvalue weighted by atomic mass is 32.2. The zero-order valence-electron chi connectivity index (χ0n) is 7.99. The van der Waals surface area contributed by atoms with Crippen LogP contribution in [0.4, 0.5) is 0 Å². The summed E-state index contributed by atoms with van der Waals surface area (Å²) in [5, 5.41) is 8.84. The van der Waals surface area contributed by atoms with Crippen LogP contribution in [-0.2, 0) is 14.8 Å². The average molecular weight is 211 g/mol. The Morgan fingerprint density at radius 1 is 1.54 bits per heavy atom. The number of ether oxygens (including phenoxy) is 1. The zero-order chi connectivity index (χ0) is 10.3. The number of methoxy groups -OCH3 is 1. The highest BCUT2D eigenvalue weighted by Gasteiger charge is 2.09. The highest BCUT2D eigenvalue weighted by molar-refractivity contribution is 7.89. The van der Waals surface area contributed by atoms with E-state index >= 15 is 0 Å². The summed E-state index contributed by atoms with van der Waals surface area (Å²) in [5.41, 5.74) is 0. The van der Waals surface area contributed by atoms with E-state index in [-0.39, 0.29) is 12.3 Å². The summed E-state index contributed by atoms with van der Waals surface area (Å²) < 4.78 is 29.3. The van der Waals surface area contributed by atoms with Crippen molar-refractivity contribution >= 4 is 10.0 Å². The summed E-state index contributed by atoms with van der Waals surface area (Å²) in [4.78, 5) is 0. The van der Waals surface area contributed by atoms with E-state index in [0.717, 1.165) is 0 Å². The number of hydrogen-bond acceptors (Lipinski definition) is 4. The Morgan fingerprint density at radius 2 is 2.15 bits per heavy atom. The summed E-state index contributed by atoms with van der Waals surface area (Å²) in [6.45, 7) is 2.02. The van der Waals surface area contributed by atoms with Gasteiger partial charge in [-0.05, 0) is 13.3 Å². The molecule has 0 spiro atoms. The van der Waals surface area contributed by atoms with Gasteiger partial charge in [0.25, 0.3) is 0 Å². The maximum absolute atomic E-state index is 11.1. The van der Waals surface area contributed by atoms with E-state index in [2.05, 4.69) is 4.72 Å². The van der Waals surface area contributed by atoms with Crippen LogP contribution in [-0.4, -0.2) is 45.6 Å². The van der Waals surface area contributed by atoms with Gasteiger partial charge in [0.2, 0.25) is 10.0 Å². The van der Waals surface area contributed by atoms with E-state index in [1.54, 1.807) is 0 Å². The second-order valence-electron chi connectivity index (χ2n) is 2.86. The number of hydrogen-bond donors (Lipinski definition) is 2. The molecule has 0 unspecified atom stereocenters. The molecule has 0 amide bonds. The van der Waals surface area contributed by atoms with Crippen LogP contribution in [0.2, 0.25) is 0 Å². The van der Waals surface area contributed by atoms with Crippen molar-refractivity contribution in [2.75, 3.05) is 26.0 Å². The van der Waals surface area contributed by atoms with Gasteiger partial charge in [-0.2, -0.15) is 0 Å². The predicted octanol–water partition coefficient (Wildman–Crippen LogP) is -0.677. The third kappa shape index (κ3) is 8.17. The van der Waals surface area contributed by atoms with E-state index in [1.165, 1.54) is 14.0 Å². The number of sulfonamides is 1. The minimum absolute atomic E-state index is 0.0353. The van der Waals surface area contributed by atoms with Crippen LogP contribution in [0.15, 0.2) is 0 Å². The first kappa shape index (κ1) is 12.8. The van der Waals surface area contributed by atoms with E-state index < -0.39 is 16.1 Å². The van der Waals surface area contributed by atoms with E-state index in [4.69, 9.17) is 9.84 Å². The lowest BCUT2D eigenvalue weighted by molar-refractivity contribution is 0.197. The molecule has 5 nitrogen and oxygen atoms in total. The molecule has 0 rings (SSSR count). The van der Waals surface area contributed by atoms with Gasteiger partial charge >= 0.3 is 0 Å². The molecule has 1 atom stereocenters. The van der Waals surface area contributed by atoms with Crippen LogP contribution in [0, 0.1) is 0 Å². The molecular weight excluding hydrogens is 194 g/mol. The normalized spacial score (nSPS) is 14.4. The van der Waals surface area contributed by atoms with Gasteiger partial charge in [-0.3, -0.25) is 0 Å². The Balaban J connectivity index is 3.68. The van der Waals surface area contributed by atoms with Gasteiger partial charge in [-0.15, -0.1) is 0 Å². The largest absolute Gasteiger partial charge is 0.392 e. The molecule has 0 aromatic rings. The molecule has 0 heterocycles. The van der Waals surface area contributed by atoms with E-state index in [9.17, 15) is 8.42 Å². The Labute approximate surface area is 79.1 Å². The second kappa shape index (κ2) is 6.31. The molecule has 0 aromatic heterocycles. The average Bonchev–Trinajstić information content (AvgIpc) is 2.02. The Bertz CT molecular complexity index is 213. The van der Waals surface area contributed by atoms with Crippen LogP contribution in [0.1, 0.15) is 13.3 Å². The minimum atomic E-state index is -3.24. The van der Waals surface area contributed by atoms with Gasteiger partial charge in [-0.25, -0.2) is 13.1 Å². The molecule has 0 bridgehead atoms. The first-order valence-electron chi connectivity index (χ1n) is 4.12. The van der Waals surface area contributed by atoms with Crippen molar-refractivity contribution in [3.63, 3.8) is 0 Å². The van der Waals surface area contributed by atoms with Gasteiger partial charge in [0.05, 0.1) is 11.9 Å². The third-order valence-corrected chi connectivity index (χ3v) is 2.79. The summed E-state index contributed by atoms with van der Waals surface area (Å²) in [6, 6.07) is 0. The second-order valence-corrected chi connectivity index (χ2v) is 4.79. The van der Waals surface area contributed by atoms with Gasteiger partial charge in [0.15, 0.2) is 0 Å². The molecule has 0 saturated carbocycles. The molecule has 2 N–H and O–H groups in total. The van der Waals surface area contributed by atoms with Crippen molar-refractivity contribution in [2.24, 2.45) is 0 Å². The number of aliphatic hydroxyl groups is 1. The molecule has 0 aliphatic carbocycles. The zero-order valence-corrected chi connectivity index (χ0v) is 8.80. The minimum Gasteiger partial charge on any atom is -0.392 e. The fourth-order valence-corrected chi connectivity index (χ4v) is 1.85. The third-order valence-electron chi connectivity index (χ3n) is 1.36. The van der Waals surface area contributed by atoms with Crippen LogP contribution in [0.5, 0.6) is 0 Å². The summed E-state index contributed by atoms with van der Waals surface area (Å²) in [6.07, 6.45) is -0.191. The lowest BCUT2D eigenvalue weighted by Crippen LogP contribution is -2.32. The molecule has 80 valence electrons. The van der Waals surface area contributed by atoms with Crippen LogP contribution >= 0.6 is 0 Å². The summed E-state index contributed by atoms with van der Waals surface area (Å²) in [5.74, 6) is 0.0353. The molecule has 13 heavy (non-hydrogen) atoms. The summed E-state index contributed by atoms with van der Waals surface area (Å²) >= 11 is 0. The van der Waals surface area contributed by atoms with E-state index in [0.29, 0.717) is 13.0 Å². The van der Waals surface area contributed by atoms with Crippen LogP contribution in [0.3, 0.4) is 0 Å². The molecule has 0 fully saturated rings. The van der Waals surface area contributed by atoms with Crippen LogP contribution < -0.4 is 4.72 Å². The molecule has 0 aliphatic rings. The van der Waals surface area contributed by atoms with Gasteiger partial charge in [0.1, 0.15) is 0 Å². The number of aliphatic hydroxyl groups excluding tert-OH is 1. The van der Waals surface area contributed by atoms with Gasteiger partial charge < -0.3 is 9.84 Å². The Hall–Kier alpha value is -0.170. The maximum Gasteiger partial charge on any atom is 0.211 e. The first-order chi connectivity index (χ1) is 5.98. The topological polar surface area (TPSA) is 75.6 Å². The molecule has 0 radical (unpaired) electrons. The smallest absolute Gasteiger partial charge is 0.211 e. The van der Waals surface area contributed by atoms with Crippen molar-refractivity contribution in [3.8, 4) is 0 Å². The fraction of sp³-hybridized carbons (Fsp3) is 1.00. The number of nitrogens with one attached hydrogen (secondary N) is 1. The van der Waals surface area contributed by atoms with Crippen molar-refractivity contribution < 1.29 is 18.3 Å². The fourth-order valence-electron chi connectivity index (χ4n) is 0.713. The first-order valence-corrected chi connectivity index (χ1v) is 5.77. The molecule has 0 aliphatic heterocycles. The Kier molecular flexibility index (Phi) is 6.23. The van der Waals surface area contributed by atoms with Gasteiger partial charge in [-0.1, -0.05) is 0 Å². The van der Waals surface area contributed by atoms with Gasteiger partial charge in [0, 0.05) is 20.3 Å². The predicted molar refractivity (Wildman–Crippen MR) is 50.0 cm³/mol. The standard InChI is InChI=1S/C7H17NO4S/c1-7(9)6-8-13(10,11)5-3-4-12-2/h7-9H,3-6H2,1-2H3/t7-/m0/s1. The molecular formula is C7H17NO4S. The lowest BCUT2D eigenvalue weighted by atomic mass is 10.4. The molecule has 0 aromatic carbocycles. The lowest BCUT2D eigenvalue weighted by Gasteiger charge is -2.07. The molecule has 0 saturated heterocycles. The van der Waals surface area contributed by atoms with E-state index in [1.807, 2.05) is 0 Å². The van der Waals surface area contributed by atoms with Crippen LogP contribution in [0.25, 0.3) is 0 Å². The summed E-state index contributed by atoms with van der Waals surface area (Å²) in [7, 11) is -1.72. The monoisotopic (exact) mass is 211 g/mol. The quantitative estimate of drug-likeness (QED) is 0.547. The van der Waals surface area contributed by atoms with Crippen molar-refractivity contribution in [2.45, 2.75) is 19.4 Å². The Morgan fingerprint density at radius 3 is 2.62 bits per heavy atom. The SMILES string of the molecule is COCCCS(=O)(=O)NC[C@H](C)O. The number of rotatable bonds is 7. The van der Waals surface area contributed by atoms with Crippen molar-refractivity contribution in [1.82, 2.24) is 4.72 Å². The molecule has 6 heteroatoms. The van der Waals surface area contributed by atoms with Crippen molar-refractivity contribution in [3.05, 3.63) is 0 Å². The maximum atomic E-state index is 11.1.